The van der Waals surface area contributed by atoms with Crippen LogP contribution in [0.5, 0.6) is 0 Å². The second-order valence-electron chi connectivity index (χ2n) is 6.47. The number of anilines is 1. The number of piperidine rings is 1. The molecule has 118 valence electrons. The van der Waals surface area contributed by atoms with Gasteiger partial charge in [0.25, 0.3) is 0 Å². The average Bonchev–Trinajstić information content (AvgIpc) is 3.01. The van der Waals surface area contributed by atoms with Gasteiger partial charge in [0.2, 0.25) is 0 Å². The topological polar surface area (TPSA) is 69.2 Å². The van der Waals surface area contributed by atoms with Gasteiger partial charge in [0.1, 0.15) is 11.6 Å². The van der Waals surface area contributed by atoms with Crippen LogP contribution in [-0.4, -0.2) is 39.8 Å². The molecule has 24 heavy (non-hydrogen) atoms. The lowest BCUT2D eigenvalue weighted by Gasteiger charge is -2.48. The van der Waals surface area contributed by atoms with E-state index in [0.29, 0.717) is 17.6 Å². The molecule has 2 atom stereocenters. The normalized spacial score (nSPS) is 22.2. The SMILES string of the molecule is N#Cc1c(N2CC3CC(C2)N3)nn2cccc(-c3cccnc3)c12. The summed E-state index contributed by atoms with van der Waals surface area (Å²) in [5, 5.41) is 18.1. The van der Waals surface area contributed by atoms with Crippen molar-refractivity contribution < 1.29 is 0 Å². The maximum atomic E-state index is 9.82. The third kappa shape index (κ3) is 1.92. The quantitative estimate of drug-likeness (QED) is 0.781. The van der Waals surface area contributed by atoms with E-state index < -0.39 is 0 Å². The number of hydrogen-bond donors (Lipinski definition) is 1. The van der Waals surface area contributed by atoms with E-state index >= 15 is 0 Å². The number of piperazine rings is 1. The van der Waals surface area contributed by atoms with Crippen molar-refractivity contribution in [1.82, 2.24) is 19.9 Å². The Morgan fingerprint density at radius 2 is 2.04 bits per heavy atom. The van der Waals surface area contributed by atoms with Gasteiger partial charge in [0.05, 0.1) is 5.52 Å². The Kier molecular flexibility index (Phi) is 2.84. The summed E-state index contributed by atoms with van der Waals surface area (Å²) in [5.74, 6) is 0.796. The monoisotopic (exact) mass is 316 g/mol. The summed E-state index contributed by atoms with van der Waals surface area (Å²) in [6.07, 6.45) is 6.71. The Morgan fingerprint density at radius 1 is 1.21 bits per heavy atom. The van der Waals surface area contributed by atoms with Crippen molar-refractivity contribution in [2.45, 2.75) is 18.5 Å². The predicted molar refractivity (Wildman–Crippen MR) is 90.7 cm³/mol. The van der Waals surface area contributed by atoms with Crippen LogP contribution in [0.15, 0.2) is 42.9 Å². The molecule has 6 heteroatoms. The molecule has 3 aromatic heterocycles. The molecule has 0 spiro atoms. The maximum absolute atomic E-state index is 9.82. The van der Waals surface area contributed by atoms with E-state index in [4.69, 9.17) is 5.10 Å². The van der Waals surface area contributed by atoms with E-state index in [9.17, 15) is 5.26 Å². The van der Waals surface area contributed by atoms with E-state index in [2.05, 4.69) is 21.3 Å². The van der Waals surface area contributed by atoms with Gasteiger partial charge in [0.15, 0.2) is 5.82 Å². The number of rotatable bonds is 2. The molecular weight excluding hydrogens is 300 g/mol. The Hall–Kier alpha value is -2.91. The number of nitrogens with one attached hydrogen (secondary N) is 1. The first-order chi connectivity index (χ1) is 11.8. The second kappa shape index (κ2) is 5.05. The fourth-order valence-corrected chi connectivity index (χ4v) is 3.85. The number of fused-ring (bicyclic) bond motifs is 3. The fraction of sp³-hybridized carbons (Fsp3) is 0.278. The first kappa shape index (κ1) is 13.5. The summed E-state index contributed by atoms with van der Waals surface area (Å²) in [6, 6.07) is 11.3. The van der Waals surface area contributed by atoms with Crippen LogP contribution in [0.2, 0.25) is 0 Å². The minimum Gasteiger partial charge on any atom is -0.351 e. The van der Waals surface area contributed by atoms with Gasteiger partial charge in [0, 0.05) is 54.9 Å². The zero-order valence-corrected chi connectivity index (χ0v) is 13.1. The molecule has 2 unspecified atom stereocenters. The average molecular weight is 316 g/mol. The Balaban J connectivity index is 1.69. The van der Waals surface area contributed by atoms with Crippen LogP contribution in [0.1, 0.15) is 12.0 Å². The second-order valence-corrected chi connectivity index (χ2v) is 6.47. The molecule has 0 aromatic carbocycles. The molecule has 3 saturated heterocycles. The van der Waals surface area contributed by atoms with Crippen LogP contribution in [0.4, 0.5) is 5.82 Å². The molecule has 0 aliphatic carbocycles. The molecular formula is C18H16N6. The van der Waals surface area contributed by atoms with Crippen LogP contribution in [-0.2, 0) is 0 Å². The van der Waals surface area contributed by atoms with E-state index in [-0.39, 0.29) is 0 Å². The third-order valence-corrected chi connectivity index (χ3v) is 4.94. The molecule has 3 aromatic rings. The first-order valence-corrected chi connectivity index (χ1v) is 8.16. The molecule has 3 aliphatic rings. The molecule has 1 N–H and O–H groups in total. The standard InChI is InChI=1S/C18H16N6/c19-8-16-17-15(12-3-1-5-20-9-12)4-2-6-24(17)22-18(16)23-10-13-7-14(11-23)21-13/h1-6,9,13-14,21H,7,10-11H2. The van der Waals surface area contributed by atoms with Crippen molar-refractivity contribution >= 4 is 11.3 Å². The molecule has 6 heterocycles. The zero-order chi connectivity index (χ0) is 16.1. The molecule has 6 nitrogen and oxygen atoms in total. The lowest BCUT2D eigenvalue weighted by Crippen LogP contribution is -2.67. The van der Waals surface area contributed by atoms with Gasteiger partial charge < -0.3 is 10.2 Å². The summed E-state index contributed by atoms with van der Waals surface area (Å²) >= 11 is 0. The van der Waals surface area contributed by atoms with Gasteiger partial charge in [-0.15, -0.1) is 5.10 Å². The molecule has 3 fully saturated rings. The highest BCUT2D eigenvalue weighted by Crippen LogP contribution is 2.33. The van der Waals surface area contributed by atoms with Gasteiger partial charge in [-0.25, -0.2) is 4.52 Å². The van der Waals surface area contributed by atoms with Gasteiger partial charge in [-0.2, -0.15) is 5.26 Å². The summed E-state index contributed by atoms with van der Waals surface area (Å²) in [6.45, 7) is 1.83. The summed E-state index contributed by atoms with van der Waals surface area (Å²) in [7, 11) is 0. The number of hydrogen-bond acceptors (Lipinski definition) is 5. The molecule has 3 aliphatic heterocycles. The highest BCUT2D eigenvalue weighted by Gasteiger charge is 2.38. The van der Waals surface area contributed by atoms with E-state index in [1.165, 1.54) is 6.42 Å². The van der Waals surface area contributed by atoms with Crippen molar-refractivity contribution in [2.75, 3.05) is 18.0 Å². The van der Waals surface area contributed by atoms with Gasteiger partial charge in [-0.1, -0.05) is 12.1 Å². The van der Waals surface area contributed by atoms with E-state index in [1.54, 1.807) is 6.20 Å². The summed E-state index contributed by atoms with van der Waals surface area (Å²) in [5.41, 5.74) is 3.49. The Morgan fingerprint density at radius 3 is 2.75 bits per heavy atom. The zero-order valence-electron chi connectivity index (χ0n) is 13.1. The van der Waals surface area contributed by atoms with Crippen LogP contribution in [0.25, 0.3) is 16.6 Å². The molecule has 6 rings (SSSR count). The first-order valence-electron chi connectivity index (χ1n) is 8.16. The predicted octanol–water partition coefficient (Wildman–Crippen LogP) is 1.82. The summed E-state index contributed by atoms with van der Waals surface area (Å²) in [4.78, 5) is 6.45. The van der Waals surface area contributed by atoms with Gasteiger partial charge >= 0.3 is 0 Å². The molecule has 0 radical (unpaired) electrons. The molecule has 0 amide bonds. The highest BCUT2D eigenvalue weighted by molar-refractivity contribution is 5.87. The van der Waals surface area contributed by atoms with Crippen molar-refractivity contribution in [3.05, 3.63) is 48.4 Å². The number of nitrogens with zero attached hydrogens (tertiary/aromatic N) is 5. The fourth-order valence-electron chi connectivity index (χ4n) is 3.85. The lowest BCUT2D eigenvalue weighted by atomic mass is 9.91. The number of aromatic nitrogens is 3. The van der Waals surface area contributed by atoms with Crippen molar-refractivity contribution in [3.63, 3.8) is 0 Å². The Labute approximate surface area is 139 Å². The largest absolute Gasteiger partial charge is 0.351 e. The van der Waals surface area contributed by atoms with E-state index in [0.717, 1.165) is 35.6 Å². The Bertz CT molecular complexity index is 939. The van der Waals surface area contributed by atoms with Crippen molar-refractivity contribution in [3.8, 4) is 17.2 Å². The molecule has 0 saturated carbocycles. The maximum Gasteiger partial charge on any atom is 0.169 e. The number of nitriles is 1. The minimum atomic E-state index is 0.526. The van der Waals surface area contributed by atoms with Crippen LogP contribution >= 0.6 is 0 Å². The minimum absolute atomic E-state index is 0.526. The highest BCUT2D eigenvalue weighted by atomic mass is 15.4. The lowest BCUT2D eigenvalue weighted by molar-refractivity contribution is 0.225. The van der Waals surface area contributed by atoms with Crippen molar-refractivity contribution in [1.29, 1.82) is 5.26 Å². The molecule has 2 bridgehead atoms. The van der Waals surface area contributed by atoms with Gasteiger partial charge in [-0.05, 0) is 18.6 Å². The van der Waals surface area contributed by atoms with Crippen LogP contribution in [0.3, 0.4) is 0 Å². The van der Waals surface area contributed by atoms with Crippen LogP contribution < -0.4 is 10.2 Å². The third-order valence-electron chi connectivity index (χ3n) is 4.94. The van der Waals surface area contributed by atoms with Gasteiger partial charge in [-0.3, -0.25) is 4.98 Å². The summed E-state index contributed by atoms with van der Waals surface area (Å²) < 4.78 is 1.82. The van der Waals surface area contributed by atoms with Crippen LogP contribution in [0, 0.1) is 11.3 Å². The van der Waals surface area contributed by atoms with E-state index in [1.807, 2.05) is 41.2 Å². The van der Waals surface area contributed by atoms with Crippen molar-refractivity contribution in [2.24, 2.45) is 0 Å². The number of pyridine rings is 2. The smallest absolute Gasteiger partial charge is 0.169 e.